The molecule has 0 amide bonds. The lowest BCUT2D eigenvalue weighted by Gasteiger charge is -2.34. The first-order valence-electron chi connectivity index (χ1n) is 5.87. The van der Waals surface area contributed by atoms with E-state index in [9.17, 15) is 5.02 Å². The molecule has 5 heteroatoms. The van der Waals surface area contributed by atoms with Crippen LogP contribution < -0.4 is 11.2 Å². The van der Waals surface area contributed by atoms with E-state index in [0.29, 0.717) is 0 Å². The van der Waals surface area contributed by atoms with Crippen molar-refractivity contribution < 1.29 is 9.68 Å². The highest BCUT2D eigenvalue weighted by atomic mass is 16.5. The molecule has 0 spiro atoms. The molecule has 2 rings (SSSR count). The molecule has 0 radical (unpaired) electrons. The van der Waals surface area contributed by atoms with Gasteiger partial charge in [0.15, 0.2) is 0 Å². The Kier molecular flexibility index (Phi) is 3.42. The Balaban J connectivity index is 2.25. The zero-order valence-corrected chi connectivity index (χ0v) is 10.6. The fourth-order valence-electron chi connectivity index (χ4n) is 2.16. The minimum atomic E-state index is -0.841. The molecule has 0 fully saturated rings. The van der Waals surface area contributed by atoms with Gasteiger partial charge >= 0.3 is 7.12 Å². The molecule has 3 N–H and O–H groups in total. The Morgan fingerprint density at radius 1 is 1.53 bits per heavy atom. The van der Waals surface area contributed by atoms with Crippen molar-refractivity contribution in [3.63, 3.8) is 0 Å². The number of hydrogen-bond acceptors (Lipinski definition) is 4. The molecule has 1 heterocycles. The number of nitrogens with zero attached hydrogens (tertiary/aromatic N) is 1. The quantitative estimate of drug-likeness (QED) is 0.551. The van der Waals surface area contributed by atoms with Crippen molar-refractivity contribution in [3.8, 4) is 0 Å². The Morgan fingerprint density at radius 3 is 2.88 bits per heavy atom. The zero-order valence-electron chi connectivity index (χ0n) is 10.6. The molecule has 0 saturated heterocycles. The van der Waals surface area contributed by atoms with Crippen molar-refractivity contribution in [3.05, 3.63) is 23.8 Å². The average Bonchev–Trinajstić information content (AvgIpc) is 2.27. The van der Waals surface area contributed by atoms with Crippen LogP contribution in [0.15, 0.2) is 18.2 Å². The molecule has 1 aromatic carbocycles. The highest BCUT2D eigenvalue weighted by molar-refractivity contribution is 6.61. The van der Waals surface area contributed by atoms with Gasteiger partial charge in [0.25, 0.3) is 0 Å². The summed E-state index contributed by atoms with van der Waals surface area (Å²) in [7, 11) is 3.18. The molecule has 1 aliphatic heterocycles. The van der Waals surface area contributed by atoms with E-state index in [2.05, 4.69) is 11.8 Å². The lowest BCUT2D eigenvalue weighted by molar-refractivity contribution is 0.0865. The second-order valence-electron chi connectivity index (χ2n) is 4.89. The normalized spacial score (nSPS) is 21.5. The molecule has 0 aliphatic carbocycles. The van der Waals surface area contributed by atoms with E-state index in [1.807, 2.05) is 26.2 Å². The molecule has 17 heavy (non-hydrogen) atoms. The number of rotatable bonds is 2. The van der Waals surface area contributed by atoms with Crippen LogP contribution in [0.5, 0.6) is 0 Å². The first kappa shape index (κ1) is 12.4. The van der Waals surface area contributed by atoms with Gasteiger partial charge < -0.3 is 20.3 Å². The molecule has 0 bridgehead atoms. The Hall–Kier alpha value is -1.04. The van der Waals surface area contributed by atoms with Gasteiger partial charge in [-0.3, -0.25) is 0 Å². The molecule has 0 saturated carbocycles. The Labute approximate surface area is 103 Å². The lowest BCUT2D eigenvalue weighted by atomic mass is 9.71. The molecular formula is C12H19BN2O2. The maximum Gasteiger partial charge on any atom is 0.491 e. The third kappa shape index (κ3) is 2.46. The van der Waals surface area contributed by atoms with Crippen LogP contribution in [0.3, 0.4) is 0 Å². The first-order valence-corrected chi connectivity index (χ1v) is 5.87. The molecule has 1 aliphatic rings. The summed E-state index contributed by atoms with van der Waals surface area (Å²) in [5.41, 5.74) is 8.43. The summed E-state index contributed by atoms with van der Waals surface area (Å²) in [6.45, 7) is 2.09. The van der Waals surface area contributed by atoms with E-state index in [-0.39, 0.29) is 12.1 Å². The Morgan fingerprint density at radius 2 is 2.24 bits per heavy atom. The molecule has 4 nitrogen and oxygen atoms in total. The fourth-order valence-corrected chi connectivity index (χ4v) is 2.16. The van der Waals surface area contributed by atoms with E-state index >= 15 is 0 Å². The van der Waals surface area contributed by atoms with Gasteiger partial charge in [-0.1, -0.05) is 6.07 Å². The second-order valence-corrected chi connectivity index (χ2v) is 4.89. The third-order valence-corrected chi connectivity index (χ3v) is 3.51. The van der Waals surface area contributed by atoms with E-state index in [1.54, 1.807) is 6.07 Å². The van der Waals surface area contributed by atoms with Crippen molar-refractivity contribution in [1.82, 2.24) is 4.90 Å². The smallest absolute Gasteiger partial charge is 0.423 e. The summed E-state index contributed by atoms with van der Waals surface area (Å²) < 4.78 is 5.65. The van der Waals surface area contributed by atoms with Crippen molar-refractivity contribution in [2.24, 2.45) is 0 Å². The van der Waals surface area contributed by atoms with Gasteiger partial charge in [0.2, 0.25) is 0 Å². The fraction of sp³-hybridized carbons (Fsp3) is 0.500. The summed E-state index contributed by atoms with van der Waals surface area (Å²) in [6, 6.07) is 5.81. The minimum Gasteiger partial charge on any atom is -0.423 e. The topological polar surface area (TPSA) is 58.7 Å². The van der Waals surface area contributed by atoms with Gasteiger partial charge in [0.1, 0.15) is 0 Å². The van der Waals surface area contributed by atoms with Crippen LogP contribution in [0.2, 0.25) is 0 Å². The van der Waals surface area contributed by atoms with Crippen LogP contribution in [0.4, 0.5) is 5.69 Å². The lowest BCUT2D eigenvalue weighted by Crippen LogP contribution is -2.51. The number of hydrogen-bond donors (Lipinski definition) is 2. The molecule has 2 atom stereocenters. The van der Waals surface area contributed by atoms with Crippen molar-refractivity contribution in [1.29, 1.82) is 0 Å². The molecule has 92 valence electrons. The van der Waals surface area contributed by atoms with Gasteiger partial charge in [-0.2, -0.15) is 0 Å². The maximum atomic E-state index is 9.97. The van der Waals surface area contributed by atoms with Gasteiger partial charge in [0.05, 0.1) is 6.10 Å². The average molecular weight is 234 g/mol. The van der Waals surface area contributed by atoms with E-state index < -0.39 is 7.12 Å². The highest BCUT2D eigenvalue weighted by Crippen LogP contribution is 2.19. The van der Waals surface area contributed by atoms with Crippen molar-refractivity contribution in [2.45, 2.75) is 25.5 Å². The minimum absolute atomic E-state index is 0.00528. The highest BCUT2D eigenvalue weighted by Gasteiger charge is 2.33. The summed E-state index contributed by atoms with van der Waals surface area (Å²) >= 11 is 0. The predicted molar refractivity (Wildman–Crippen MR) is 70.2 cm³/mol. The van der Waals surface area contributed by atoms with Crippen molar-refractivity contribution in [2.75, 3.05) is 19.8 Å². The number of benzene rings is 1. The number of nitrogens with two attached hydrogens (primary N) is 1. The molecule has 2 unspecified atom stereocenters. The van der Waals surface area contributed by atoms with E-state index in [0.717, 1.165) is 23.1 Å². The van der Waals surface area contributed by atoms with Gasteiger partial charge in [-0.25, -0.2) is 0 Å². The summed E-state index contributed by atoms with van der Waals surface area (Å²) in [4.78, 5) is 2.09. The molecule has 1 aromatic rings. The zero-order chi connectivity index (χ0) is 12.6. The van der Waals surface area contributed by atoms with Crippen molar-refractivity contribution >= 4 is 18.3 Å². The number of nitrogen functional groups attached to an aromatic ring is 1. The van der Waals surface area contributed by atoms with Gasteiger partial charge in [-0.15, -0.1) is 0 Å². The number of likely N-dealkylation sites (N-methyl/N-ethyl adjacent to an activating group) is 1. The van der Waals surface area contributed by atoms with Crippen LogP contribution >= 0.6 is 0 Å². The largest absolute Gasteiger partial charge is 0.491 e. The number of anilines is 1. The molecular weight excluding hydrogens is 215 g/mol. The van der Waals surface area contributed by atoms with Gasteiger partial charge in [-0.05, 0) is 50.6 Å². The number of fused-ring (bicyclic) bond motifs is 1. The standard InChI is InChI=1S/C12H19BN2O2/c1-8(15(2)3)12-7-9-6-10(14)4-5-11(9)13(16)17-12/h4-6,8,12,16H,7,14H2,1-3H3. The summed E-state index contributed by atoms with van der Waals surface area (Å²) in [6.07, 6.45) is 0.783. The Bertz CT molecular complexity index is 411. The van der Waals surface area contributed by atoms with Crippen LogP contribution in [-0.2, 0) is 11.1 Å². The summed E-state index contributed by atoms with van der Waals surface area (Å²) in [5.74, 6) is 0. The van der Waals surface area contributed by atoms with E-state index in [1.165, 1.54) is 0 Å². The first-order chi connectivity index (χ1) is 7.99. The van der Waals surface area contributed by atoms with Crippen LogP contribution in [0, 0.1) is 0 Å². The monoisotopic (exact) mass is 234 g/mol. The molecule has 0 aromatic heterocycles. The second kappa shape index (κ2) is 4.68. The van der Waals surface area contributed by atoms with Crippen LogP contribution in [-0.4, -0.2) is 43.3 Å². The third-order valence-electron chi connectivity index (χ3n) is 3.51. The predicted octanol–water partition coefficient (Wildman–Crippen LogP) is -0.152. The van der Waals surface area contributed by atoms with Gasteiger partial charge in [0, 0.05) is 11.7 Å². The maximum absolute atomic E-state index is 9.97. The van der Waals surface area contributed by atoms with Crippen LogP contribution in [0.1, 0.15) is 12.5 Å². The summed E-state index contributed by atoms with van der Waals surface area (Å²) in [5, 5.41) is 9.97. The van der Waals surface area contributed by atoms with Crippen LogP contribution in [0.25, 0.3) is 0 Å². The SMILES string of the molecule is CC(C1Cc2cc(N)ccc2B(O)O1)N(C)C. The van der Waals surface area contributed by atoms with E-state index in [4.69, 9.17) is 10.4 Å².